The summed E-state index contributed by atoms with van der Waals surface area (Å²) in [5.74, 6) is 0.429. The third kappa shape index (κ3) is 4.39. The van der Waals surface area contributed by atoms with Crippen molar-refractivity contribution in [3.05, 3.63) is 47.0 Å². The molecule has 3 N–H and O–H groups in total. The summed E-state index contributed by atoms with van der Waals surface area (Å²) < 4.78 is 8.05. The molecule has 8 nitrogen and oxygen atoms in total. The minimum atomic E-state index is -0.201. The van der Waals surface area contributed by atoms with Gasteiger partial charge in [-0.25, -0.2) is 9.97 Å². The van der Waals surface area contributed by atoms with E-state index in [9.17, 15) is 4.79 Å². The number of ether oxygens (including phenoxy) is 1. The van der Waals surface area contributed by atoms with Crippen molar-refractivity contribution in [1.29, 1.82) is 0 Å². The molecule has 2 heterocycles. The van der Waals surface area contributed by atoms with E-state index in [-0.39, 0.29) is 19.1 Å². The number of benzene rings is 2. The van der Waals surface area contributed by atoms with E-state index >= 15 is 0 Å². The van der Waals surface area contributed by atoms with Crippen LogP contribution in [0.15, 0.2) is 36.4 Å². The maximum absolute atomic E-state index is 12.3. The number of amides is 1. The number of carbonyl (C=O) groups is 1. The average Bonchev–Trinajstić information content (AvgIpc) is 3.27. The van der Waals surface area contributed by atoms with Gasteiger partial charge in [-0.15, -0.1) is 0 Å². The first-order valence-electron chi connectivity index (χ1n) is 9.31. The molecular formula is C20H20ClN5O3S. The van der Waals surface area contributed by atoms with E-state index in [1.54, 1.807) is 12.1 Å². The third-order valence-corrected chi connectivity index (χ3v) is 5.65. The van der Waals surface area contributed by atoms with E-state index < -0.39 is 0 Å². The fraction of sp³-hybridized carbons (Fsp3) is 0.250. The van der Waals surface area contributed by atoms with Crippen molar-refractivity contribution in [3.63, 3.8) is 0 Å². The number of thiazole rings is 1. The number of anilines is 2. The number of carbonyl (C=O) groups excluding carboxylic acids is 1. The molecule has 2 aromatic heterocycles. The Morgan fingerprint density at radius 1 is 1.20 bits per heavy atom. The van der Waals surface area contributed by atoms with Gasteiger partial charge in [0.25, 0.3) is 5.91 Å². The highest BCUT2D eigenvalue weighted by Gasteiger charge is 2.13. The predicted molar refractivity (Wildman–Crippen MR) is 119 cm³/mol. The van der Waals surface area contributed by atoms with Crippen LogP contribution in [-0.4, -0.2) is 51.9 Å². The molecule has 0 aliphatic carbocycles. The molecule has 0 atom stereocenters. The zero-order valence-corrected chi connectivity index (χ0v) is 17.8. The molecule has 0 saturated heterocycles. The van der Waals surface area contributed by atoms with Crippen LogP contribution in [0.3, 0.4) is 0 Å². The van der Waals surface area contributed by atoms with E-state index in [2.05, 4.69) is 20.6 Å². The van der Waals surface area contributed by atoms with Crippen molar-refractivity contribution in [3.8, 4) is 0 Å². The monoisotopic (exact) mass is 445 g/mol. The molecule has 156 valence electrons. The number of aromatic nitrogens is 3. The molecule has 0 spiro atoms. The first-order chi connectivity index (χ1) is 14.5. The number of aryl methyl sites for hydroxylation is 1. The van der Waals surface area contributed by atoms with Gasteiger partial charge in [-0.2, -0.15) is 0 Å². The number of hydrogen-bond acceptors (Lipinski definition) is 7. The zero-order chi connectivity index (χ0) is 21.1. The third-order valence-electron chi connectivity index (χ3n) is 4.48. The number of rotatable bonds is 8. The number of hydrogen-bond donors (Lipinski definition) is 3. The van der Waals surface area contributed by atoms with Crippen LogP contribution >= 0.6 is 22.9 Å². The van der Waals surface area contributed by atoms with E-state index in [4.69, 9.17) is 21.4 Å². The van der Waals surface area contributed by atoms with Gasteiger partial charge in [-0.1, -0.05) is 22.9 Å². The minimum Gasteiger partial charge on any atom is -0.394 e. The second-order valence-electron chi connectivity index (χ2n) is 6.55. The SMILES string of the molecule is Cn1c(Nc2nc3ccc(Cl)cc3s2)nc2cc(C(=O)NCCOCCO)ccc21. The first kappa shape index (κ1) is 20.5. The van der Waals surface area contributed by atoms with Crippen molar-refractivity contribution in [2.24, 2.45) is 7.05 Å². The molecule has 0 unspecified atom stereocenters. The summed E-state index contributed by atoms with van der Waals surface area (Å²) in [5.41, 5.74) is 2.98. The molecule has 2 aromatic carbocycles. The van der Waals surface area contributed by atoms with Crippen molar-refractivity contribution < 1.29 is 14.6 Å². The predicted octanol–water partition coefficient (Wildman–Crippen LogP) is 3.32. The lowest BCUT2D eigenvalue weighted by atomic mass is 10.2. The van der Waals surface area contributed by atoms with Crippen LogP contribution < -0.4 is 10.6 Å². The Kier molecular flexibility index (Phi) is 6.14. The molecule has 0 aliphatic heterocycles. The largest absolute Gasteiger partial charge is 0.394 e. The van der Waals surface area contributed by atoms with E-state index in [0.717, 1.165) is 15.7 Å². The lowest BCUT2D eigenvalue weighted by Crippen LogP contribution is -2.27. The van der Waals surface area contributed by atoms with Gasteiger partial charge in [0.15, 0.2) is 5.13 Å². The summed E-state index contributed by atoms with van der Waals surface area (Å²) >= 11 is 7.55. The molecule has 0 saturated carbocycles. The lowest BCUT2D eigenvalue weighted by molar-refractivity contribution is 0.0838. The lowest BCUT2D eigenvalue weighted by Gasteiger charge is -2.06. The van der Waals surface area contributed by atoms with Gasteiger partial charge >= 0.3 is 0 Å². The highest BCUT2D eigenvalue weighted by molar-refractivity contribution is 7.22. The molecule has 0 aliphatic rings. The molecule has 10 heteroatoms. The molecule has 1 amide bonds. The molecule has 4 aromatic rings. The Morgan fingerprint density at radius 3 is 2.90 bits per heavy atom. The van der Waals surface area contributed by atoms with Crippen LogP contribution in [0.25, 0.3) is 21.3 Å². The molecule has 0 fully saturated rings. The van der Waals surface area contributed by atoms with E-state index in [0.29, 0.717) is 40.3 Å². The van der Waals surface area contributed by atoms with Crippen LogP contribution in [0.1, 0.15) is 10.4 Å². The number of aliphatic hydroxyl groups excluding tert-OH is 1. The number of fused-ring (bicyclic) bond motifs is 2. The number of halogens is 1. The second-order valence-corrected chi connectivity index (χ2v) is 8.01. The van der Waals surface area contributed by atoms with Gasteiger partial charge in [-0.05, 0) is 36.4 Å². The Bertz CT molecular complexity index is 1210. The van der Waals surface area contributed by atoms with Crippen LogP contribution in [0.5, 0.6) is 0 Å². The fourth-order valence-corrected chi connectivity index (χ4v) is 4.14. The zero-order valence-electron chi connectivity index (χ0n) is 16.2. The summed E-state index contributed by atoms with van der Waals surface area (Å²) in [6, 6.07) is 11.0. The summed E-state index contributed by atoms with van der Waals surface area (Å²) in [6.45, 7) is 0.936. The maximum atomic E-state index is 12.3. The average molecular weight is 446 g/mol. The Labute approximate surface area is 181 Å². The number of nitrogens with zero attached hydrogens (tertiary/aromatic N) is 3. The molecule has 0 radical (unpaired) electrons. The summed E-state index contributed by atoms with van der Waals surface area (Å²) in [4.78, 5) is 21.5. The fourth-order valence-electron chi connectivity index (χ4n) is 3.01. The van der Waals surface area contributed by atoms with Crippen LogP contribution in [0, 0.1) is 0 Å². The minimum absolute atomic E-state index is 0.0363. The number of nitrogens with one attached hydrogen (secondary N) is 2. The van der Waals surface area contributed by atoms with Gasteiger partial charge in [0.1, 0.15) is 0 Å². The van der Waals surface area contributed by atoms with Gasteiger partial charge in [0.2, 0.25) is 5.95 Å². The van der Waals surface area contributed by atoms with Crippen molar-refractivity contribution >= 4 is 61.2 Å². The van der Waals surface area contributed by atoms with Gasteiger partial charge in [0.05, 0.1) is 41.1 Å². The smallest absolute Gasteiger partial charge is 0.251 e. The quantitative estimate of drug-likeness (QED) is 0.360. The van der Waals surface area contributed by atoms with Crippen LogP contribution in [0.4, 0.5) is 11.1 Å². The van der Waals surface area contributed by atoms with Gasteiger partial charge in [-0.3, -0.25) is 4.79 Å². The van der Waals surface area contributed by atoms with Gasteiger partial charge < -0.3 is 25.0 Å². The normalized spacial score (nSPS) is 11.3. The highest BCUT2D eigenvalue weighted by Crippen LogP contribution is 2.31. The van der Waals surface area contributed by atoms with Crippen LogP contribution in [0.2, 0.25) is 5.02 Å². The molecular weight excluding hydrogens is 426 g/mol. The van der Waals surface area contributed by atoms with E-state index in [1.807, 2.05) is 35.9 Å². The summed E-state index contributed by atoms with van der Waals surface area (Å²) in [6.07, 6.45) is 0. The Morgan fingerprint density at radius 2 is 2.07 bits per heavy atom. The van der Waals surface area contributed by atoms with Crippen molar-refractivity contribution in [2.75, 3.05) is 31.7 Å². The Hall–Kier alpha value is -2.72. The standard InChI is InChI=1S/C20H20ClN5O3S/c1-26-16-5-2-12(18(28)22-6-8-29-9-7-27)10-15(16)23-19(26)25-20-24-14-4-3-13(21)11-17(14)30-20/h2-5,10-11,27H,6-9H2,1H3,(H,22,28)(H,23,24,25). The molecule has 0 bridgehead atoms. The topological polar surface area (TPSA) is 101 Å². The van der Waals surface area contributed by atoms with Gasteiger partial charge in [0, 0.05) is 24.2 Å². The second kappa shape index (κ2) is 8.97. The molecule has 30 heavy (non-hydrogen) atoms. The van der Waals surface area contributed by atoms with Crippen molar-refractivity contribution in [2.45, 2.75) is 0 Å². The molecule has 4 rings (SSSR count). The van der Waals surface area contributed by atoms with Crippen LogP contribution in [-0.2, 0) is 11.8 Å². The van der Waals surface area contributed by atoms with E-state index in [1.165, 1.54) is 11.3 Å². The highest BCUT2D eigenvalue weighted by atomic mass is 35.5. The Balaban J connectivity index is 1.50. The number of imidazole rings is 1. The van der Waals surface area contributed by atoms with Crippen molar-refractivity contribution in [1.82, 2.24) is 19.9 Å². The number of aliphatic hydroxyl groups is 1. The first-order valence-corrected chi connectivity index (χ1v) is 10.5. The maximum Gasteiger partial charge on any atom is 0.251 e. The summed E-state index contributed by atoms with van der Waals surface area (Å²) in [5, 5.41) is 16.1. The summed E-state index contributed by atoms with van der Waals surface area (Å²) in [7, 11) is 1.90.